The van der Waals surface area contributed by atoms with Crippen molar-refractivity contribution >= 4 is 17.4 Å². The SMILES string of the molecule is Cc1nc(-c2ccccc2)sc1CNC(=O)NC1CCCC1. The molecule has 0 spiro atoms. The summed E-state index contributed by atoms with van der Waals surface area (Å²) in [6.45, 7) is 2.53. The van der Waals surface area contributed by atoms with Crippen molar-refractivity contribution in [3.63, 3.8) is 0 Å². The lowest BCUT2D eigenvalue weighted by molar-refractivity contribution is 0.237. The molecule has 1 heterocycles. The Hall–Kier alpha value is -1.88. The fourth-order valence-electron chi connectivity index (χ4n) is 2.76. The minimum Gasteiger partial charge on any atom is -0.335 e. The van der Waals surface area contributed by atoms with E-state index in [1.54, 1.807) is 11.3 Å². The van der Waals surface area contributed by atoms with Gasteiger partial charge < -0.3 is 10.6 Å². The number of rotatable bonds is 4. The Kier molecular flexibility index (Phi) is 4.73. The molecule has 4 nitrogen and oxygen atoms in total. The first kappa shape index (κ1) is 15.0. The molecule has 1 aromatic heterocycles. The van der Waals surface area contributed by atoms with Crippen LogP contribution in [0.2, 0.25) is 0 Å². The third-order valence-corrected chi connectivity index (χ3v) is 5.22. The normalized spacial score (nSPS) is 15.0. The molecule has 1 saturated carbocycles. The molecule has 1 fully saturated rings. The van der Waals surface area contributed by atoms with Crippen molar-refractivity contribution in [1.29, 1.82) is 0 Å². The van der Waals surface area contributed by atoms with Gasteiger partial charge in [-0.25, -0.2) is 9.78 Å². The Bertz CT molecular complexity index is 633. The van der Waals surface area contributed by atoms with Gasteiger partial charge in [0.1, 0.15) is 5.01 Å². The molecule has 116 valence electrons. The lowest BCUT2D eigenvalue weighted by atomic mass is 10.2. The number of nitrogens with zero attached hydrogens (tertiary/aromatic N) is 1. The molecule has 2 aromatic rings. The summed E-state index contributed by atoms with van der Waals surface area (Å²) in [5.74, 6) is 0. The molecule has 2 amide bonds. The summed E-state index contributed by atoms with van der Waals surface area (Å²) in [4.78, 5) is 17.6. The van der Waals surface area contributed by atoms with Crippen LogP contribution in [-0.2, 0) is 6.54 Å². The van der Waals surface area contributed by atoms with Gasteiger partial charge >= 0.3 is 6.03 Å². The molecule has 2 N–H and O–H groups in total. The number of amides is 2. The van der Waals surface area contributed by atoms with Gasteiger partial charge in [0.15, 0.2) is 0 Å². The van der Waals surface area contributed by atoms with Gasteiger partial charge in [0.2, 0.25) is 0 Å². The van der Waals surface area contributed by atoms with Crippen molar-refractivity contribution in [3.05, 3.63) is 40.9 Å². The Morgan fingerprint density at radius 2 is 2.00 bits per heavy atom. The highest BCUT2D eigenvalue weighted by atomic mass is 32.1. The van der Waals surface area contributed by atoms with Crippen LogP contribution in [0.1, 0.15) is 36.3 Å². The smallest absolute Gasteiger partial charge is 0.315 e. The van der Waals surface area contributed by atoms with E-state index < -0.39 is 0 Å². The molecule has 0 unspecified atom stereocenters. The van der Waals surface area contributed by atoms with E-state index in [2.05, 4.69) is 27.8 Å². The van der Waals surface area contributed by atoms with Crippen molar-refractivity contribution in [3.8, 4) is 10.6 Å². The summed E-state index contributed by atoms with van der Waals surface area (Å²) in [6, 6.07) is 10.4. The van der Waals surface area contributed by atoms with Crippen molar-refractivity contribution in [2.24, 2.45) is 0 Å². The van der Waals surface area contributed by atoms with Gasteiger partial charge in [-0.05, 0) is 19.8 Å². The van der Waals surface area contributed by atoms with Gasteiger partial charge in [-0.2, -0.15) is 0 Å². The van der Waals surface area contributed by atoms with Gasteiger partial charge in [-0.3, -0.25) is 0 Å². The highest BCUT2D eigenvalue weighted by Gasteiger charge is 2.17. The second kappa shape index (κ2) is 6.92. The van der Waals surface area contributed by atoms with Crippen LogP contribution < -0.4 is 10.6 Å². The maximum absolute atomic E-state index is 11.9. The van der Waals surface area contributed by atoms with Gasteiger partial charge in [0, 0.05) is 16.5 Å². The van der Waals surface area contributed by atoms with E-state index >= 15 is 0 Å². The number of aryl methyl sites for hydroxylation is 1. The number of hydrogen-bond donors (Lipinski definition) is 2. The Labute approximate surface area is 135 Å². The van der Waals surface area contributed by atoms with Gasteiger partial charge in [-0.15, -0.1) is 11.3 Å². The predicted molar refractivity (Wildman–Crippen MR) is 89.9 cm³/mol. The highest BCUT2D eigenvalue weighted by molar-refractivity contribution is 7.15. The number of thiazole rings is 1. The van der Waals surface area contributed by atoms with Crippen molar-refractivity contribution in [2.45, 2.75) is 45.2 Å². The first-order chi connectivity index (χ1) is 10.7. The fourth-order valence-corrected chi connectivity index (χ4v) is 3.77. The van der Waals surface area contributed by atoms with E-state index in [1.807, 2.05) is 25.1 Å². The average molecular weight is 315 g/mol. The zero-order valence-corrected chi connectivity index (χ0v) is 13.6. The fraction of sp³-hybridized carbons (Fsp3) is 0.412. The molecule has 0 aliphatic heterocycles. The summed E-state index contributed by atoms with van der Waals surface area (Å²) >= 11 is 1.64. The minimum absolute atomic E-state index is 0.0686. The zero-order valence-electron chi connectivity index (χ0n) is 12.8. The average Bonchev–Trinajstić information content (AvgIpc) is 3.16. The number of carbonyl (C=O) groups is 1. The van der Waals surface area contributed by atoms with Crippen molar-refractivity contribution in [1.82, 2.24) is 15.6 Å². The Morgan fingerprint density at radius 1 is 1.27 bits per heavy atom. The van der Waals surface area contributed by atoms with Gasteiger partial charge in [-0.1, -0.05) is 43.2 Å². The van der Waals surface area contributed by atoms with Gasteiger partial charge in [0.25, 0.3) is 0 Å². The van der Waals surface area contributed by atoms with Crippen molar-refractivity contribution in [2.75, 3.05) is 0 Å². The van der Waals surface area contributed by atoms with Crippen LogP contribution in [0, 0.1) is 6.92 Å². The number of aromatic nitrogens is 1. The van der Waals surface area contributed by atoms with E-state index in [4.69, 9.17) is 0 Å². The van der Waals surface area contributed by atoms with E-state index in [0.717, 1.165) is 34.0 Å². The van der Waals surface area contributed by atoms with Crippen LogP contribution >= 0.6 is 11.3 Å². The number of benzene rings is 1. The minimum atomic E-state index is -0.0686. The summed E-state index contributed by atoms with van der Waals surface area (Å²) < 4.78 is 0. The summed E-state index contributed by atoms with van der Waals surface area (Å²) in [5, 5.41) is 7.00. The largest absolute Gasteiger partial charge is 0.335 e. The molecule has 0 bridgehead atoms. The first-order valence-corrected chi connectivity index (χ1v) is 8.60. The maximum atomic E-state index is 11.9. The standard InChI is InChI=1S/C17H21N3OS/c1-12-15(11-18-17(21)20-14-9-5-6-10-14)22-16(19-12)13-7-3-2-4-8-13/h2-4,7-8,14H,5-6,9-11H2,1H3,(H2,18,20,21). The van der Waals surface area contributed by atoms with Crippen LogP contribution in [0.25, 0.3) is 10.6 Å². The van der Waals surface area contributed by atoms with Crippen LogP contribution in [0.15, 0.2) is 30.3 Å². The van der Waals surface area contributed by atoms with Gasteiger partial charge in [0.05, 0.1) is 12.2 Å². The summed E-state index contributed by atoms with van der Waals surface area (Å²) in [5.41, 5.74) is 2.11. The predicted octanol–water partition coefficient (Wildman–Crippen LogP) is 3.86. The van der Waals surface area contributed by atoms with Crippen molar-refractivity contribution < 1.29 is 4.79 Å². The van der Waals surface area contributed by atoms with Crippen LogP contribution in [-0.4, -0.2) is 17.1 Å². The third-order valence-electron chi connectivity index (χ3n) is 4.01. The molecule has 0 radical (unpaired) electrons. The number of carbonyl (C=O) groups excluding carboxylic acids is 1. The molecule has 0 saturated heterocycles. The second-order valence-corrected chi connectivity index (χ2v) is 6.79. The summed E-state index contributed by atoms with van der Waals surface area (Å²) in [7, 11) is 0. The molecule has 5 heteroatoms. The van der Waals surface area contributed by atoms with Crippen LogP contribution in [0.5, 0.6) is 0 Å². The molecule has 0 atom stereocenters. The monoisotopic (exact) mass is 315 g/mol. The molecule has 1 aliphatic carbocycles. The molecule has 22 heavy (non-hydrogen) atoms. The molecule has 1 aliphatic rings. The number of nitrogens with one attached hydrogen (secondary N) is 2. The molecular weight excluding hydrogens is 294 g/mol. The van der Waals surface area contributed by atoms with E-state index in [9.17, 15) is 4.79 Å². The lowest BCUT2D eigenvalue weighted by Crippen LogP contribution is -2.40. The highest BCUT2D eigenvalue weighted by Crippen LogP contribution is 2.27. The lowest BCUT2D eigenvalue weighted by Gasteiger charge is -2.12. The summed E-state index contributed by atoms with van der Waals surface area (Å²) in [6.07, 6.45) is 4.65. The Balaban J connectivity index is 1.58. The van der Waals surface area contributed by atoms with E-state index in [0.29, 0.717) is 12.6 Å². The second-order valence-electron chi connectivity index (χ2n) is 5.70. The zero-order chi connectivity index (χ0) is 15.4. The number of hydrogen-bond acceptors (Lipinski definition) is 3. The molecule has 3 rings (SSSR count). The molecular formula is C17H21N3OS. The third kappa shape index (κ3) is 3.65. The topological polar surface area (TPSA) is 54.0 Å². The maximum Gasteiger partial charge on any atom is 0.315 e. The van der Waals surface area contributed by atoms with Crippen LogP contribution in [0.4, 0.5) is 4.79 Å². The van der Waals surface area contributed by atoms with E-state index in [-0.39, 0.29) is 6.03 Å². The van der Waals surface area contributed by atoms with E-state index in [1.165, 1.54) is 12.8 Å². The molecule has 1 aromatic carbocycles. The Morgan fingerprint density at radius 3 is 2.73 bits per heavy atom. The first-order valence-electron chi connectivity index (χ1n) is 7.78. The van der Waals surface area contributed by atoms with Crippen LogP contribution in [0.3, 0.4) is 0 Å². The number of urea groups is 1. The quantitative estimate of drug-likeness (QED) is 0.900.